The van der Waals surface area contributed by atoms with Crippen molar-refractivity contribution in [3.63, 3.8) is 0 Å². The molecule has 3 aromatic carbocycles. The minimum atomic E-state index is -0.691. The SMILES string of the molecule is CC1=C(C(=O)OCCOc2ccccc2)[C@@H](c2cccc(Cl)c2Cl)C2=C(C[C@H](c3ccccc3)CC2=O)N1. The fraction of sp³-hybridized carbons (Fsp3) is 0.226. The molecule has 0 saturated carbocycles. The number of halogens is 2. The van der Waals surface area contributed by atoms with E-state index in [1.165, 1.54) is 0 Å². The molecule has 0 fully saturated rings. The molecule has 0 aromatic heterocycles. The van der Waals surface area contributed by atoms with E-state index >= 15 is 0 Å². The number of rotatable bonds is 7. The number of carbonyl (C=O) groups is 2. The summed E-state index contributed by atoms with van der Waals surface area (Å²) in [4.78, 5) is 27.2. The lowest BCUT2D eigenvalue weighted by molar-refractivity contribution is -0.140. The third-order valence-corrected chi connectivity index (χ3v) is 7.77. The van der Waals surface area contributed by atoms with Crippen LogP contribution in [0.2, 0.25) is 10.0 Å². The van der Waals surface area contributed by atoms with Gasteiger partial charge < -0.3 is 14.8 Å². The minimum Gasteiger partial charge on any atom is -0.490 e. The summed E-state index contributed by atoms with van der Waals surface area (Å²) in [6.07, 6.45) is 0.982. The molecule has 1 aliphatic heterocycles. The molecule has 38 heavy (non-hydrogen) atoms. The average Bonchev–Trinajstić information content (AvgIpc) is 2.93. The lowest BCUT2D eigenvalue weighted by atomic mass is 9.71. The summed E-state index contributed by atoms with van der Waals surface area (Å²) in [6, 6.07) is 24.6. The van der Waals surface area contributed by atoms with Gasteiger partial charge in [-0.25, -0.2) is 4.79 Å². The van der Waals surface area contributed by atoms with Crippen LogP contribution < -0.4 is 10.1 Å². The number of benzene rings is 3. The number of carbonyl (C=O) groups excluding carboxylic acids is 2. The first-order valence-electron chi connectivity index (χ1n) is 12.5. The van der Waals surface area contributed by atoms with Crippen molar-refractivity contribution >= 4 is 35.0 Å². The normalized spacial score (nSPS) is 19.1. The van der Waals surface area contributed by atoms with Gasteiger partial charge in [0.2, 0.25) is 0 Å². The molecular formula is C31H27Cl2NO4. The van der Waals surface area contributed by atoms with Crippen LogP contribution in [0.4, 0.5) is 0 Å². The van der Waals surface area contributed by atoms with Gasteiger partial charge >= 0.3 is 5.97 Å². The number of nitrogens with one attached hydrogen (secondary N) is 1. The fourth-order valence-electron chi connectivity index (χ4n) is 5.21. The van der Waals surface area contributed by atoms with Crippen LogP contribution in [0.1, 0.15) is 42.7 Å². The van der Waals surface area contributed by atoms with E-state index in [0.717, 1.165) is 11.3 Å². The number of hydrogen-bond donors (Lipinski definition) is 1. The van der Waals surface area contributed by atoms with Crippen molar-refractivity contribution in [2.75, 3.05) is 13.2 Å². The highest BCUT2D eigenvalue weighted by atomic mass is 35.5. The zero-order valence-electron chi connectivity index (χ0n) is 20.9. The van der Waals surface area contributed by atoms with Crippen molar-refractivity contribution in [2.45, 2.75) is 31.6 Å². The maximum absolute atomic E-state index is 13.7. The summed E-state index contributed by atoms with van der Waals surface area (Å²) < 4.78 is 11.3. The molecule has 0 spiro atoms. The molecule has 5 nitrogen and oxygen atoms in total. The minimum absolute atomic E-state index is 0.0288. The Hall–Kier alpha value is -3.54. The molecule has 2 atom stereocenters. The Balaban J connectivity index is 1.45. The largest absolute Gasteiger partial charge is 0.490 e. The molecule has 0 radical (unpaired) electrons. The van der Waals surface area contributed by atoms with E-state index in [-0.39, 0.29) is 24.9 Å². The van der Waals surface area contributed by atoms with Crippen LogP contribution in [0.3, 0.4) is 0 Å². The zero-order chi connectivity index (χ0) is 26.6. The summed E-state index contributed by atoms with van der Waals surface area (Å²) >= 11 is 13.0. The Labute approximate surface area is 232 Å². The van der Waals surface area contributed by atoms with Crippen LogP contribution in [0.5, 0.6) is 5.75 Å². The monoisotopic (exact) mass is 547 g/mol. The molecule has 3 aromatic rings. The molecule has 0 saturated heterocycles. The Morgan fingerprint density at radius 3 is 2.37 bits per heavy atom. The zero-order valence-corrected chi connectivity index (χ0v) is 22.4. The van der Waals surface area contributed by atoms with Crippen molar-refractivity contribution in [1.29, 1.82) is 0 Å². The second kappa shape index (κ2) is 11.5. The summed E-state index contributed by atoms with van der Waals surface area (Å²) in [7, 11) is 0. The van der Waals surface area contributed by atoms with Crippen LogP contribution >= 0.6 is 23.2 Å². The number of Topliss-reactive ketones (excluding diaryl/α,β-unsaturated/α-hetero) is 1. The maximum atomic E-state index is 13.7. The molecule has 1 heterocycles. The van der Waals surface area contributed by atoms with Crippen LogP contribution in [-0.2, 0) is 14.3 Å². The van der Waals surface area contributed by atoms with E-state index in [9.17, 15) is 9.59 Å². The van der Waals surface area contributed by atoms with Crippen molar-refractivity contribution < 1.29 is 19.1 Å². The Kier molecular flexibility index (Phi) is 7.87. The van der Waals surface area contributed by atoms with Gasteiger partial charge in [-0.2, -0.15) is 0 Å². The van der Waals surface area contributed by atoms with Crippen molar-refractivity contribution in [3.05, 3.63) is 123 Å². The standard InChI is InChI=1S/C31H27Cl2NO4/c1-19-27(31(36)38-16-15-37-22-11-6-3-7-12-22)28(23-13-8-14-24(32)30(23)33)29-25(34-19)17-21(18-26(29)35)20-9-4-2-5-10-20/h2-14,21,28,34H,15-18H2,1H3/t21-,28+/m0/s1. The van der Waals surface area contributed by atoms with Crippen molar-refractivity contribution in [2.24, 2.45) is 0 Å². The summed E-state index contributed by atoms with van der Waals surface area (Å²) in [5.41, 5.74) is 4.03. The summed E-state index contributed by atoms with van der Waals surface area (Å²) in [5.74, 6) is -0.514. The quantitative estimate of drug-likeness (QED) is 0.255. The molecular weight excluding hydrogens is 521 g/mol. The summed E-state index contributed by atoms with van der Waals surface area (Å²) in [6.45, 7) is 2.07. The number of dihydropyridines is 1. The van der Waals surface area contributed by atoms with E-state index in [2.05, 4.69) is 5.32 Å². The molecule has 1 aliphatic carbocycles. The number of allylic oxidation sites excluding steroid dienone is 3. The van der Waals surface area contributed by atoms with Gasteiger partial charge in [0.25, 0.3) is 0 Å². The van der Waals surface area contributed by atoms with Gasteiger partial charge in [0, 0.05) is 29.3 Å². The topological polar surface area (TPSA) is 64.6 Å². The molecule has 1 N–H and O–H groups in total. The lowest BCUT2D eigenvalue weighted by Crippen LogP contribution is -2.36. The van der Waals surface area contributed by atoms with Gasteiger partial charge in [-0.05, 0) is 48.6 Å². The van der Waals surface area contributed by atoms with Gasteiger partial charge in [-0.1, -0.05) is 83.9 Å². The van der Waals surface area contributed by atoms with E-state index in [0.29, 0.717) is 51.0 Å². The third kappa shape index (κ3) is 5.35. The van der Waals surface area contributed by atoms with Crippen molar-refractivity contribution in [1.82, 2.24) is 5.32 Å². The number of ketones is 1. The average molecular weight is 548 g/mol. The van der Waals surface area contributed by atoms with Gasteiger partial charge in [-0.15, -0.1) is 0 Å². The van der Waals surface area contributed by atoms with Gasteiger partial charge in [0.15, 0.2) is 5.78 Å². The molecule has 0 bridgehead atoms. The van der Waals surface area contributed by atoms with Crippen molar-refractivity contribution in [3.8, 4) is 5.75 Å². The third-order valence-electron chi connectivity index (χ3n) is 6.94. The van der Waals surface area contributed by atoms with Gasteiger partial charge in [-0.3, -0.25) is 4.79 Å². The van der Waals surface area contributed by atoms with Gasteiger partial charge in [0.1, 0.15) is 19.0 Å². The van der Waals surface area contributed by atoms with E-state index in [1.54, 1.807) is 12.1 Å². The predicted molar refractivity (Wildman–Crippen MR) is 148 cm³/mol. The first-order valence-corrected chi connectivity index (χ1v) is 13.3. The molecule has 2 aliphatic rings. The van der Waals surface area contributed by atoms with Crippen LogP contribution in [0.15, 0.2) is 101 Å². The molecule has 7 heteroatoms. The summed E-state index contributed by atoms with van der Waals surface area (Å²) in [5, 5.41) is 4.03. The fourth-order valence-corrected chi connectivity index (χ4v) is 5.63. The number of esters is 1. The second-order valence-electron chi connectivity index (χ2n) is 9.37. The predicted octanol–water partition coefficient (Wildman–Crippen LogP) is 6.98. The number of ether oxygens (including phenoxy) is 2. The highest BCUT2D eigenvalue weighted by Crippen LogP contribution is 2.48. The number of para-hydroxylation sites is 1. The van der Waals surface area contributed by atoms with E-state index in [1.807, 2.05) is 73.7 Å². The Bertz CT molecular complexity index is 1420. The van der Waals surface area contributed by atoms with E-state index < -0.39 is 11.9 Å². The molecule has 5 rings (SSSR count). The smallest absolute Gasteiger partial charge is 0.336 e. The van der Waals surface area contributed by atoms with E-state index in [4.69, 9.17) is 32.7 Å². The lowest BCUT2D eigenvalue weighted by Gasteiger charge is -2.37. The highest BCUT2D eigenvalue weighted by molar-refractivity contribution is 6.42. The highest BCUT2D eigenvalue weighted by Gasteiger charge is 2.42. The molecule has 0 unspecified atom stereocenters. The molecule has 194 valence electrons. The van der Waals surface area contributed by atoms with Crippen LogP contribution in [0, 0.1) is 0 Å². The number of hydrogen-bond acceptors (Lipinski definition) is 5. The second-order valence-corrected chi connectivity index (χ2v) is 10.2. The first kappa shape index (κ1) is 26.1. The van der Waals surface area contributed by atoms with Gasteiger partial charge in [0.05, 0.1) is 15.6 Å². The molecule has 0 amide bonds. The Morgan fingerprint density at radius 2 is 1.63 bits per heavy atom. The maximum Gasteiger partial charge on any atom is 0.336 e. The first-order chi connectivity index (χ1) is 18.4. The van der Waals surface area contributed by atoms with Crippen LogP contribution in [-0.4, -0.2) is 25.0 Å². The Morgan fingerprint density at radius 1 is 0.921 bits per heavy atom. The van der Waals surface area contributed by atoms with Crippen LogP contribution in [0.25, 0.3) is 0 Å².